The molecule has 1 aliphatic rings. The Morgan fingerprint density at radius 1 is 0.949 bits per heavy atom. The van der Waals surface area contributed by atoms with Gasteiger partial charge in [0.2, 0.25) is 5.95 Å². The zero-order chi connectivity index (χ0) is 27.7. The molecule has 0 atom stereocenters. The van der Waals surface area contributed by atoms with Gasteiger partial charge in [-0.2, -0.15) is 0 Å². The summed E-state index contributed by atoms with van der Waals surface area (Å²) in [6, 6.07) is 10.9. The highest BCUT2D eigenvalue weighted by molar-refractivity contribution is 7.92. The van der Waals surface area contributed by atoms with E-state index in [4.69, 9.17) is 21.6 Å². The van der Waals surface area contributed by atoms with Gasteiger partial charge in [-0.1, -0.05) is 23.7 Å². The van der Waals surface area contributed by atoms with Crippen LogP contribution in [0, 0.1) is 13.8 Å². The van der Waals surface area contributed by atoms with Crippen molar-refractivity contribution in [1.82, 2.24) is 24.8 Å². The second-order valence-corrected chi connectivity index (χ2v) is 12.3. The molecule has 0 saturated heterocycles. The Balaban J connectivity index is 1.35. The van der Waals surface area contributed by atoms with E-state index in [1.807, 2.05) is 19.9 Å². The molecule has 5 rings (SSSR count). The van der Waals surface area contributed by atoms with E-state index in [2.05, 4.69) is 39.0 Å². The van der Waals surface area contributed by atoms with Crippen LogP contribution in [0.15, 0.2) is 53.7 Å². The first-order valence-corrected chi connectivity index (χ1v) is 14.8. The van der Waals surface area contributed by atoms with Crippen molar-refractivity contribution in [3.63, 3.8) is 0 Å². The van der Waals surface area contributed by atoms with Crippen molar-refractivity contribution in [2.75, 3.05) is 24.1 Å². The van der Waals surface area contributed by atoms with Crippen molar-refractivity contribution < 1.29 is 8.42 Å². The number of aromatic nitrogens is 4. The van der Waals surface area contributed by atoms with Crippen molar-refractivity contribution in [1.29, 1.82) is 0 Å². The predicted molar refractivity (Wildman–Crippen MR) is 156 cm³/mol. The van der Waals surface area contributed by atoms with Crippen molar-refractivity contribution in [3.05, 3.63) is 64.9 Å². The smallest absolute Gasteiger partial charge is 0.264 e. The molecule has 0 unspecified atom stereocenters. The van der Waals surface area contributed by atoms with Crippen LogP contribution in [-0.2, 0) is 10.0 Å². The molecule has 3 heterocycles. The highest BCUT2D eigenvalue weighted by Crippen LogP contribution is 2.29. The van der Waals surface area contributed by atoms with E-state index in [-0.39, 0.29) is 15.7 Å². The first-order valence-electron chi connectivity index (χ1n) is 12.9. The maximum atomic E-state index is 12.8. The standard InChI is InChI=1S/C28H32ClN7O2S/c1-17-14-26(35-39(37,38)25-8-6-5-7-22(25)29)30-15-21(17)23-13-18(2)27-24(33-23)16-31-28(34-27)32-19-9-11-20(12-10-19)36(3)4/h5-8,13-16,19-20H,9-12H2,1-4H3,(H,30,35)(H,31,32,34). The van der Waals surface area contributed by atoms with Gasteiger partial charge >= 0.3 is 0 Å². The highest BCUT2D eigenvalue weighted by atomic mass is 35.5. The van der Waals surface area contributed by atoms with Crippen molar-refractivity contribution >= 4 is 44.4 Å². The number of nitrogens with one attached hydrogen (secondary N) is 2. The van der Waals surface area contributed by atoms with E-state index < -0.39 is 10.0 Å². The summed E-state index contributed by atoms with van der Waals surface area (Å²) >= 11 is 6.08. The van der Waals surface area contributed by atoms with Crippen molar-refractivity contribution in [2.24, 2.45) is 0 Å². The molecule has 0 aliphatic heterocycles. The Bertz CT molecular complexity index is 1620. The minimum absolute atomic E-state index is 0.00267. The maximum Gasteiger partial charge on any atom is 0.264 e. The molecular weight excluding hydrogens is 534 g/mol. The third kappa shape index (κ3) is 5.98. The Hall–Kier alpha value is -3.34. The molecule has 9 nitrogen and oxygen atoms in total. The molecule has 1 saturated carbocycles. The average Bonchev–Trinajstić information content (AvgIpc) is 2.89. The van der Waals surface area contributed by atoms with Crippen molar-refractivity contribution in [2.45, 2.75) is 56.5 Å². The van der Waals surface area contributed by atoms with Crippen LogP contribution < -0.4 is 10.0 Å². The van der Waals surface area contributed by atoms with Crippen LogP contribution >= 0.6 is 11.6 Å². The number of aryl methyl sites for hydroxylation is 2. The number of pyridine rings is 2. The number of anilines is 2. The molecule has 0 amide bonds. The number of rotatable bonds is 7. The van der Waals surface area contributed by atoms with Gasteiger partial charge in [0.1, 0.15) is 16.2 Å². The fourth-order valence-electron chi connectivity index (χ4n) is 5.04. The number of nitrogens with zero attached hydrogens (tertiary/aromatic N) is 5. The van der Waals surface area contributed by atoms with Crippen LogP contribution in [0.4, 0.5) is 11.8 Å². The summed E-state index contributed by atoms with van der Waals surface area (Å²) in [5.41, 5.74) is 4.79. The van der Waals surface area contributed by atoms with Gasteiger partial charge in [-0.15, -0.1) is 0 Å². The molecule has 3 aromatic heterocycles. The normalized spacial score (nSPS) is 17.9. The number of fused-ring (bicyclic) bond motifs is 1. The fourth-order valence-corrected chi connectivity index (χ4v) is 6.56. The third-order valence-corrected chi connectivity index (χ3v) is 9.10. The second kappa shape index (κ2) is 11.0. The minimum Gasteiger partial charge on any atom is -0.351 e. The zero-order valence-corrected chi connectivity index (χ0v) is 24.0. The summed E-state index contributed by atoms with van der Waals surface area (Å²) in [6.45, 7) is 3.89. The molecule has 204 valence electrons. The summed E-state index contributed by atoms with van der Waals surface area (Å²) in [6.07, 6.45) is 7.88. The van der Waals surface area contributed by atoms with E-state index in [1.54, 1.807) is 30.6 Å². The van der Waals surface area contributed by atoms with Crippen LogP contribution in [0.25, 0.3) is 22.3 Å². The Labute approximate surface area is 234 Å². The zero-order valence-electron chi connectivity index (χ0n) is 22.4. The Kier molecular flexibility index (Phi) is 7.70. The van der Waals surface area contributed by atoms with Gasteiger partial charge in [-0.25, -0.2) is 28.4 Å². The van der Waals surface area contributed by atoms with Crippen LogP contribution in [0.2, 0.25) is 5.02 Å². The molecule has 4 aromatic rings. The lowest BCUT2D eigenvalue weighted by Crippen LogP contribution is -2.36. The lowest BCUT2D eigenvalue weighted by atomic mass is 9.91. The average molecular weight is 566 g/mol. The summed E-state index contributed by atoms with van der Waals surface area (Å²) in [7, 11) is 0.407. The SMILES string of the molecule is Cc1cc(NS(=O)(=O)c2ccccc2Cl)ncc1-c1cc(C)c2nc(NC3CCC(N(C)C)CC3)ncc2n1. The van der Waals surface area contributed by atoms with Crippen LogP contribution in [0.3, 0.4) is 0 Å². The number of hydrogen-bond acceptors (Lipinski definition) is 8. The van der Waals surface area contributed by atoms with E-state index in [9.17, 15) is 8.42 Å². The molecule has 1 fully saturated rings. The quantitative estimate of drug-likeness (QED) is 0.304. The van der Waals surface area contributed by atoms with Gasteiger partial charge < -0.3 is 10.2 Å². The molecule has 39 heavy (non-hydrogen) atoms. The van der Waals surface area contributed by atoms with E-state index in [0.717, 1.165) is 53.6 Å². The van der Waals surface area contributed by atoms with E-state index in [1.165, 1.54) is 12.1 Å². The largest absolute Gasteiger partial charge is 0.351 e. The number of sulfonamides is 1. The molecular formula is C28H32ClN7O2S. The Morgan fingerprint density at radius 3 is 2.38 bits per heavy atom. The molecule has 2 N–H and O–H groups in total. The summed E-state index contributed by atoms with van der Waals surface area (Å²) in [5.74, 6) is 0.828. The topological polar surface area (TPSA) is 113 Å². The van der Waals surface area contributed by atoms with Gasteiger partial charge in [-0.05, 0) is 89.0 Å². The van der Waals surface area contributed by atoms with Crippen LogP contribution in [0.1, 0.15) is 36.8 Å². The molecule has 0 bridgehead atoms. The van der Waals surface area contributed by atoms with Crippen LogP contribution in [-0.4, -0.2) is 59.4 Å². The summed E-state index contributed by atoms with van der Waals surface area (Å²) in [4.78, 5) is 20.8. The molecule has 11 heteroatoms. The van der Waals surface area contributed by atoms with Crippen LogP contribution in [0.5, 0.6) is 0 Å². The van der Waals surface area contributed by atoms with Gasteiger partial charge in [0.25, 0.3) is 10.0 Å². The lowest BCUT2D eigenvalue weighted by molar-refractivity contribution is 0.221. The lowest BCUT2D eigenvalue weighted by Gasteiger charge is -2.32. The summed E-state index contributed by atoms with van der Waals surface area (Å²) in [5, 5.41) is 3.66. The van der Waals surface area contributed by atoms with E-state index in [0.29, 0.717) is 23.5 Å². The first kappa shape index (κ1) is 27.2. The fraction of sp³-hybridized carbons (Fsp3) is 0.357. The maximum absolute atomic E-state index is 12.8. The first-order chi connectivity index (χ1) is 18.6. The number of hydrogen-bond donors (Lipinski definition) is 2. The van der Waals surface area contributed by atoms with Gasteiger partial charge in [0.05, 0.1) is 22.4 Å². The third-order valence-electron chi connectivity index (χ3n) is 7.25. The predicted octanol–water partition coefficient (Wildman–Crippen LogP) is 5.44. The van der Waals surface area contributed by atoms with Gasteiger partial charge in [-0.3, -0.25) is 4.72 Å². The van der Waals surface area contributed by atoms with Gasteiger partial charge in [0, 0.05) is 23.8 Å². The molecule has 0 spiro atoms. The van der Waals surface area contributed by atoms with Crippen molar-refractivity contribution in [3.8, 4) is 11.3 Å². The minimum atomic E-state index is -3.88. The molecule has 1 aliphatic carbocycles. The Morgan fingerprint density at radius 2 is 1.69 bits per heavy atom. The monoisotopic (exact) mass is 565 g/mol. The molecule has 1 aromatic carbocycles. The van der Waals surface area contributed by atoms with Gasteiger partial charge in [0.15, 0.2) is 0 Å². The summed E-state index contributed by atoms with van der Waals surface area (Å²) < 4.78 is 28.1. The number of halogens is 1. The van der Waals surface area contributed by atoms with E-state index >= 15 is 0 Å². The number of benzene rings is 1. The second-order valence-electron chi connectivity index (χ2n) is 10.3. The highest BCUT2D eigenvalue weighted by Gasteiger charge is 2.23. The molecule has 0 radical (unpaired) electrons.